The van der Waals surface area contributed by atoms with Crippen molar-refractivity contribution in [2.24, 2.45) is 0 Å². The Bertz CT molecular complexity index is 1410. The van der Waals surface area contributed by atoms with E-state index in [0.717, 1.165) is 0 Å². The maximum atomic E-state index is 15.1. The molecule has 11 nitrogen and oxygen atoms in total. The van der Waals surface area contributed by atoms with Crippen molar-refractivity contribution in [3.8, 4) is 22.8 Å². The van der Waals surface area contributed by atoms with Gasteiger partial charge in [0.2, 0.25) is 5.91 Å². The Morgan fingerprint density at radius 1 is 1.10 bits per heavy atom. The second kappa shape index (κ2) is 11.1. The smallest absolute Gasteiger partial charge is 0.410 e. The summed E-state index contributed by atoms with van der Waals surface area (Å²) in [6, 6.07) is 3.12. The number of pyridine rings is 1. The minimum absolute atomic E-state index is 0.0115. The van der Waals surface area contributed by atoms with Crippen LogP contribution in [0.1, 0.15) is 45.0 Å². The zero-order chi connectivity index (χ0) is 30.5. The van der Waals surface area contributed by atoms with Gasteiger partial charge in [-0.15, -0.1) is 0 Å². The molecule has 0 aliphatic carbocycles. The summed E-state index contributed by atoms with van der Waals surface area (Å²) < 4.78 is 26.8. The Hall–Kier alpha value is -3.80. The van der Waals surface area contributed by atoms with Crippen LogP contribution in [0, 0.1) is 5.82 Å². The molecule has 0 radical (unpaired) electrons. The van der Waals surface area contributed by atoms with Crippen LogP contribution in [0.15, 0.2) is 18.2 Å². The summed E-state index contributed by atoms with van der Waals surface area (Å²) >= 11 is 6.81. The van der Waals surface area contributed by atoms with Gasteiger partial charge >= 0.3 is 6.09 Å². The number of amides is 3. The number of benzene rings is 1. The molecule has 1 N–H and O–H groups in total. The first-order valence-corrected chi connectivity index (χ1v) is 14.3. The van der Waals surface area contributed by atoms with Crippen molar-refractivity contribution < 1.29 is 33.4 Å². The zero-order valence-corrected chi connectivity index (χ0v) is 25.1. The number of aromatic nitrogens is 1. The number of carbonyl (C=O) groups excluding carboxylic acids is 3. The second-order valence-electron chi connectivity index (χ2n) is 11.8. The molecule has 1 aromatic heterocycles. The van der Waals surface area contributed by atoms with Crippen LogP contribution in [0.2, 0.25) is 5.02 Å². The summed E-state index contributed by atoms with van der Waals surface area (Å²) in [5.74, 6) is -1.30. The zero-order valence-electron chi connectivity index (χ0n) is 24.3. The van der Waals surface area contributed by atoms with Gasteiger partial charge in [0, 0.05) is 52.2 Å². The van der Waals surface area contributed by atoms with E-state index in [0.29, 0.717) is 19.6 Å². The number of rotatable bonds is 2. The SMILES string of the molecule is CC(=O)N1CCN(c2nc(-c3c(O)cccc3F)c(Cl)c3c2C(=O)N2CCN(C(=O)OC(C)(C)C)C[C@@H]2CO3)[C@@H](C)C1. The molecule has 226 valence electrons. The fraction of sp³-hybridized carbons (Fsp3) is 0.517. The first kappa shape index (κ1) is 29.7. The molecular formula is C29H35ClFN5O6. The molecule has 3 aliphatic heterocycles. The Labute approximate surface area is 248 Å². The van der Waals surface area contributed by atoms with Gasteiger partial charge in [0.15, 0.2) is 5.75 Å². The molecule has 3 amide bonds. The van der Waals surface area contributed by atoms with Crippen LogP contribution in [0.3, 0.4) is 0 Å². The van der Waals surface area contributed by atoms with Crippen LogP contribution < -0.4 is 9.64 Å². The number of ether oxygens (including phenoxy) is 2. The van der Waals surface area contributed by atoms with Gasteiger partial charge in [-0.25, -0.2) is 14.2 Å². The van der Waals surface area contributed by atoms with Crippen molar-refractivity contribution in [3.63, 3.8) is 0 Å². The van der Waals surface area contributed by atoms with Crippen molar-refractivity contribution in [1.29, 1.82) is 0 Å². The van der Waals surface area contributed by atoms with Gasteiger partial charge in [-0.3, -0.25) is 9.59 Å². The number of fused-ring (bicyclic) bond motifs is 2. The van der Waals surface area contributed by atoms with E-state index in [-0.39, 0.29) is 83.3 Å². The summed E-state index contributed by atoms with van der Waals surface area (Å²) in [5.41, 5.74) is -0.830. The normalized spacial score (nSPS) is 20.9. The lowest BCUT2D eigenvalue weighted by atomic mass is 10.0. The molecule has 0 spiro atoms. The van der Waals surface area contributed by atoms with E-state index in [2.05, 4.69) is 0 Å². The third-order valence-corrected chi connectivity index (χ3v) is 8.03. The summed E-state index contributed by atoms with van der Waals surface area (Å²) in [7, 11) is 0. The molecule has 13 heteroatoms. The van der Waals surface area contributed by atoms with E-state index in [1.54, 1.807) is 35.5 Å². The van der Waals surface area contributed by atoms with Gasteiger partial charge in [0.1, 0.15) is 45.9 Å². The lowest BCUT2D eigenvalue weighted by molar-refractivity contribution is -0.129. The first-order valence-electron chi connectivity index (χ1n) is 13.9. The van der Waals surface area contributed by atoms with Crippen LogP contribution in [0.25, 0.3) is 11.3 Å². The van der Waals surface area contributed by atoms with Crippen molar-refractivity contribution in [3.05, 3.63) is 34.6 Å². The Kier molecular flexibility index (Phi) is 7.86. The predicted molar refractivity (Wildman–Crippen MR) is 153 cm³/mol. The number of phenolic OH excluding ortho intramolecular Hbond substituents is 1. The van der Waals surface area contributed by atoms with E-state index in [1.165, 1.54) is 25.1 Å². The third-order valence-electron chi connectivity index (χ3n) is 7.68. The van der Waals surface area contributed by atoms with Crippen LogP contribution in [-0.4, -0.2) is 106 Å². The lowest BCUT2D eigenvalue weighted by Gasteiger charge is -2.42. The van der Waals surface area contributed by atoms with Crippen LogP contribution >= 0.6 is 11.6 Å². The molecule has 5 rings (SSSR count). The van der Waals surface area contributed by atoms with E-state index in [9.17, 15) is 19.5 Å². The molecule has 2 aromatic rings. The van der Waals surface area contributed by atoms with Crippen molar-refractivity contribution >= 4 is 35.3 Å². The van der Waals surface area contributed by atoms with Crippen LogP contribution in [0.4, 0.5) is 15.0 Å². The van der Waals surface area contributed by atoms with Gasteiger partial charge in [0.05, 0.1) is 11.6 Å². The average Bonchev–Trinajstić information content (AvgIpc) is 3.05. The maximum absolute atomic E-state index is 15.1. The molecule has 0 saturated carbocycles. The number of nitrogens with zero attached hydrogens (tertiary/aromatic N) is 5. The molecule has 2 saturated heterocycles. The quantitative estimate of drug-likeness (QED) is 0.552. The fourth-order valence-electron chi connectivity index (χ4n) is 5.62. The second-order valence-corrected chi connectivity index (χ2v) is 12.2. The summed E-state index contributed by atoms with van der Waals surface area (Å²) in [6.45, 7) is 10.6. The fourth-order valence-corrected chi connectivity index (χ4v) is 5.90. The number of halogens is 2. The number of hydrogen-bond acceptors (Lipinski definition) is 8. The van der Waals surface area contributed by atoms with E-state index in [1.807, 2.05) is 11.8 Å². The molecule has 4 heterocycles. The molecule has 3 aliphatic rings. The van der Waals surface area contributed by atoms with Gasteiger partial charge in [-0.1, -0.05) is 17.7 Å². The highest BCUT2D eigenvalue weighted by Crippen LogP contribution is 2.46. The number of anilines is 1. The predicted octanol–water partition coefficient (Wildman–Crippen LogP) is 3.76. The molecule has 0 unspecified atom stereocenters. The van der Waals surface area contributed by atoms with Crippen LogP contribution in [0.5, 0.6) is 11.5 Å². The molecular weight excluding hydrogens is 569 g/mol. The lowest BCUT2D eigenvalue weighted by Crippen LogP contribution is -2.58. The van der Waals surface area contributed by atoms with Crippen molar-refractivity contribution in [2.45, 2.75) is 52.3 Å². The van der Waals surface area contributed by atoms with E-state index in [4.69, 9.17) is 26.1 Å². The van der Waals surface area contributed by atoms with E-state index < -0.39 is 23.6 Å². The molecule has 2 fully saturated rings. The highest BCUT2D eigenvalue weighted by atomic mass is 35.5. The Morgan fingerprint density at radius 3 is 2.43 bits per heavy atom. The standard InChI is InChI=1S/C29H35ClFN5O6/c1-16-13-33(17(2)37)9-11-35(16)26-22-25(23(30)24(32-26)21-19(31)7-6-8-20(21)38)41-15-18-14-34(10-12-36(18)27(22)39)28(40)42-29(3,4)5/h6-8,16,18,38H,9-15H2,1-5H3/t16-,18+/m0/s1. The molecule has 2 atom stereocenters. The maximum Gasteiger partial charge on any atom is 0.410 e. The number of piperazine rings is 2. The van der Waals surface area contributed by atoms with Crippen LogP contribution in [-0.2, 0) is 9.53 Å². The number of hydrogen-bond donors (Lipinski definition) is 1. The number of aromatic hydroxyl groups is 1. The van der Waals surface area contributed by atoms with Gasteiger partial charge < -0.3 is 34.2 Å². The highest BCUT2D eigenvalue weighted by molar-refractivity contribution is 6.35. The number of phenols is 1. The summed E-state index contributed by atoms with van der Waals surface area (Å²) in [5, 5.41) is 10.5. The van der Waals surface area contributed by atoms with Gasteiger partial charge in [-0.05, 0) is 39.8 Å². The van der Waals surface area contributed by atoms with Gasteiger partial charge in [0.25, 0.3) is 5.91 Å². The van der Waals surface area contributed by atoms with Crippen molar-refractivity contribution in [1.82, 2.24) is 19.7 Å². The van der Waals surface area contributed by atoms with Crippen molar-refractivity contribution in [2.75, 3.05) is 50.8 Å². The summed E-state index contributed by atoms with van der Waals surface area (Å²) in [4.78, 5) is 50.6. The topological polar surface area (TPSA) is 116 Å². The third kappa shape index (κ3) is 5.51. The largest absolute Gasteiger partial charge is 0.507 e. The molecule has 1 aromatic carbocycles. The summed E-state index contributed by atoms with van der Waals surface area (Å²) in [6.07, 6.45) is -0.480. The minimum Gasteiger partial charge on any atom is -0.507 e. The Morgan fingerprint density at radius 2 is 1.79 bits per heavy atom. The molecule has 42 heavy (non-hydrogen) atoms. The van der Waals surface area contributed by atoms with Gasteiger partial charge in [-0.2, -0.15) is 0 Å². The average molecular weight is 604 g/mol. The monoisotopic (exact) mass is 603 g/mol. The first-order chi connectivity index (χ1) is 19.8. The minimum atomic E-state index is -0.741. The highest BCUT2D eigenvalue weighted by Gasteiger charge is 2.42. The Balaban J connectivity index is 1.59. The number of carbonyl (C=O) groups is 3. The molecule has 0 bridgehead atoms. The van der Waals surface area contributed by atoms with E-state index >= 15 is 4.39 Å².